The Balaban J connectivity index is 1.74. The van der Waals surface area contributed by atoms with Gasteiger partial charge in [0.15, 0.2) is 0 Å². The maximum absolute atomic E-state index is 13.2. The predicted molar refractivity (Wildman–Crippen MR) is 62.2 cm³/mol. The molecule has 2 N–H and O–H groups in total. The Hall–Kier alpha value is -1.46. The average molecular weight is 257 g/mol. The van der Waals surface area contributed by atoms with Gasteiger partial charge in [0, 0.05) is 44.1 Å². The number of carbonyl (C=O) groups excluding carboxylic acids is 1. The average Bonchev–Trinajstić information content (AvgIpc) is 2.80. The molecule has 1 aliphatic carbocycles. The summed E-state index contributed by atoms with van der Waals surface area (Å²) in [5.41, 5.74) is 0. The third kappa shape index (κ3) is 3.51. The number of H-pyrrole nitrogens is 1. The highest BCUT2D eigenvalue weighted by atomic mass is 19.3. The number of imidazole rings is 1. The van der Waals surface area contributed by atoms with Gasteiger partial charge < -0.3 is 10.3 Å². The van der Waals surface area contributed by atoms with Crippen molar-refractivity contribution in [2.45, 2.75) is 38.0 Å². The van der Waals surface area contributed by atoms with Gasteiger partial charge in [-0.2, -0.15) is 0 Å². The molecule has 0 aliphatic heterocycles. The number of alkyl halides is 2. The van der Waals surface area contributed by atoms with E-state index in [1.54, 1.807) is 12.4 Å². The van der Waals surface area contributed by atoms with E-state index >= 15 is 0 Å². The molecule has 0 radical (unpaired) electrons. The molecule has 1 amide bonds. The zero-order valence-corrected chi connectivity index (χ0v) is 10.1. The van der Waals surface area contributed by atoms with Gasteiger partial charge in [0.1, 0.15) is 5.82 Å². The van der Waals surface area contributed by atoms with Crippen molar-refractivity contribution in [1.82, 2.24) is 15.3 Å². The van der Waals surface area contributed by atoms with Crippen LogP contribution in [-0.4, -0.2) is 28.3 Å². The number of carbonyl (C=O) groups is 1. The molecular formula is C12H17F2N3O. The third-order valence-corrected chi connectivity index (χ3v) is 3.23. The maximum Gasteiger partial charge on any atom is 0.248 e. The van der Waals surface area contributed by atoms with Crippen molar-refractivity contribution in [3.63, 3.8) is 0 Å². The van der Waals surface area contributed by atoms with Crippen LogP contribution in [0.15, 0.2) is 12.4 Å². The van der Waals surface area contributed by atoms with Gasteiger partial charge in [0.25, 0.3) is 0 Å². The molecule has 1 unspecified atom stereocenters. The standard InChI is InChI=1S/C12H17F2N3O/c13-12(14)4-1-2-9(8-12)11(18)17-5-3-10-15-6-7-16-10/h6-7,9H,1-5,8H2,(H,15,16)(H,17,18). The second-order valence-electron chi connectivity index (χ2n) is 4.73. The Morgan fingerprint density at radius 1 is 1.61 bits per heavy atom. The molecular weight excluding hydrogens is 240 g/mol. The fourth-order valence-electron chi connectivity index (χ4n) is 2.28. The number of nitrogens with zero attached hydrogens (tertiary/aromatic N) is 1. The molecule has 0 bridgehead atoms. The summed E-state index contributed by atoms with van der Waals surface area (Å²) in [7, 11) is 0. The summed E-state index contributed by atoms with van der Waals surface area (Å²) in [6.45, 7) is 0.425. The fourth-order valence-corrected chi connectivity index (χ4v) is 2.28. The van der Waals surface area contributed by atoms with Gasteiger partial charge >= 0.3 is 0 Å². The van der Waals surface area contributed by atoms with Crippen molar-refractivity contribution in [3.8, 4) is 0 Å². The molecule has 1 heterocycles. The minimum absolute atomic E-state index is 0.0941. The van der Waals surface area contributed by atoms with Crippen molar-refractivity contribution < 1.29 is 13.6 Å². The SMILES string of the molecule is O=C(NCCc1ncc[nH]1)C1CCCC(F)(F)C1. The lowest BCUT2D eigenvalue weighted by Crippen LogP contribution is -2.38. The van der Waals surface area contributed by atoms with Crippen molar-refractivity contribution in [2.24, 2.45) is 5.92 Å². The number of rotatable bonds is 4. The topological polar surface area (TPSA) is 57.8 Å². The lowest BCUT2D eigenvalue weighted by molar-refractivity contribution is -0.132. The van der Waals surface area contributed by atoms with E-state index in [0.717, 1.165) is 5.82 Å². The molecule has 18 heavy (non-hydrogen) atoms. The number of amides is 1. The van der Waals surface area contributed by atoms with Gasteiger partial charge in [-0.3, -0.25) is 4.79 Å². The largest absolute Gasteiger partial charge is 0.355 e. The number of halogens is 2. The lowest BCUT2D eigenvalue weighted by atomic mass is 9.86. The van der Waals surface area contributed by atoms with Gasteiger partial charge in [0.2, 0.25) is 11.8 Å². The monoisotopic (exact) mass is 257 g/mol. The fraction of sp³-hybridized carbons (Fsp3) is 0.667. The number of aromatic amines is 1. The van der Waals surface area contributed by atoms with Crippen LogP contribution in [0.3, 0.4) is 0 Å². The molecule has 1 atom stereocenters. The summed E-state index contributed by atoms with van der Waals surface area (Å²) in [6, 6.07) is 0. The van der Waals surface area contributed by atoms with E-state index in [1.165, 1.54) is 0 Å². The molecule has 2 rings (SSSR count). The minimum atomic E-state index is -2.68. The number of hydrogen-bond acceptors (Lipinski definition) is 2. The molecule has 0 saturated heterocycles. The van der Waals surface area contributed by atoms with Crippen LogP contribution in [0.4, 0.5) is 8.78 Å². The molecule has 6 heteroatoms. The zero-order chi connectivity index (χ0) is 13.0. The van der Waals surface area contributed by atoms with Crippen molar-refractivity contribution >= 4 is 5.91 Å². The smallest absolute Gasteiger partial charge is 0.248 e. The van der Waals surface area contributed by atoms with E-state index in [1.807, 2.05) is 0 Å². The number of nitrogens with one attached hydrogen (secondary N) is 2. The first-order valence-electron chi connectivity index (χ1n) is 6.21. The zero-order valence-electron chi connectivity index (χ0n) is 10.1. The second-order valence-corrected chi connectivity index (χ2v) is 4.73. The van der Waals surface area contributed by atoms with Crippen LogP contribution in [0.1, 0.15) is 31.5 Å². The van der Waals surface area contributed by atoms with Crippen LogP contribution in [0.25, 0.3) is 0 Å². The Morgan fingerprint density at radius 3 is 3.11 bits per heavy atom. The predicted octanol–water partition coefficient (Wildman–Crippen LogP) is 1.89. The summed E-state index contributed by atoms with van der Waals surface area (Å²) in [6.07, 6.45) is 4.49. The Labute approximate surface area is 104 Å². The van der Waals surface area contributed by atoms with E-state index in [-0.39, 0.29) is 18.7 Å². The Bertz CT molecular complexity index is 392. The van der Waals surface area contributed by atoms with Gasteiger partial charge in [0.05, 0.1) is 0 Å². The molecule has 1 fully saturated rings. The first-order chi connectivity index (χ1) is 8.57. The summed E-state index contributed by atoms with van der Waals surface area (Å²) >= 11 is 0. The van der Waals surface area contributed by atoms with Gasteiger partial charge in [-0.25, -0.2) is 13.8 Å². The van der Waals surface area contributed by atoms with Gasteiger partial charge in [-0.15, -0.1) is 0 Å². The third-order valence-electron chi connectivity index (χ3n) is 3.23. The van der Waals surface area contributed by atoms with Gasteiger partial charge in [-0.1, -0.05) is 0 Å². The van der Waals surface area contributed by atoms with Crippen molar-refractivity contribution in [1.29, 1.82) is 0 Å². The molecule has 1 saturated carbocycles. The van der Waals surface area contributed by atoms with E-state index in [2.05, 4.69) is 15.3 Å². The van der Waals surface area contributed by atoms with E-state index in [0.29, 0.717) is 25.8 Å². The first-order valence-corrected chi connectivity index (χ1v) is 6.21. The molecule has 1 aromatic heterocycles. The first kappa shape index (κ1) is 13.0. The molecule has 4 nitrogen and oxygen atoms in total. The lowest BCUT2D eigenvalue weighted by Gasteiger charge is -2.27. The summed E-state index contributed by atoms with van der Waals surface area (Å²) in [5, 5.41) is 2.70. The van der Waals surface area contributed by atoms with Crippen molar-refractivity contribution in [3.05, 3.63) is 18.2 Å². The number of hydrogen-bond donors (Lipinski definition) is 2. The van der Waals surface area contributed by atoms with Crippen LogP contribution < -0.4 is 5.32 Å². The molecule has 0 aromatic carbocycles. The van der Waals surface area contributed by atoms with Crippen LogP contribution in [0.5, 0.6) is 0 Å². The van der Waals surface area contributed by atoms with E-state index < -0.39 is 11.8 Å². The van der Waals surface area contributed by atoms with E-state index in [4.69, 9.17) is 0 Å². The summed E-state index contributed by atoms with van der Waals surface area (Å²) in [4.78, 5) is 18.7. The van der Waals surface area contributed by atoms with Crippen LogP contribution in [0, 0.1) is 5.92 Å². The molecule has 0 spiro atoms. The maximum atomic E-state index is 13.2. The van der Waals surface area contributed by atoms with Crippen molar-refractivity contribution in [2.75, 3.05) is 6.54 Å². The summed E-state index contributed by atoms with van der Waals surface area (Å²) < 4.78 is 26.3. The second kappa shape index (κ2) is 5.46. The highest BCUT2D eigenvalue weighted by Crippen LogP contribution is 2.36. The van der Waals surface area contributed by atoms with Crippen LogP contribution >= 0.6 is 0 Å². The Morgan fingerprint density at radius 2 is 2.44 bits per heavy atom. The highest BCUT2D eigenvalue weighted by Gasteiger charge is 2.38. The minimum Gasteiger partial charge on any atom is -0.355 e. The number of aromatic nitrogens is 2. The molecule has 1 aliphatic rings. The quantitative estimate of drug-likeness (QED) is 0.865. The van der Waals surface area contributed by atoms with Gasteiger partial charge in [-0.05, 0) is 12.8 Å². The van der Waals surface area contributed by atoms with E-state index in [9.17, 15) is 13.6 Å². The Kier molecular flexibility index (Phi) is 3.93. The van der Waals surface area contributed by atoms with Crippen LogP contribution in [0.2, 0.25) is 0 Å². The molecule has 1 aromatic rings. The normalized spacial score (nSPS) is 22.7. The summed E-state index contributed by atoms with van der Waals surface area (Å²) in [5.74, 6) is -2.71. The highest BCUT2D eigenvalue weighted by molar-refractivity contribution is 5.78. The molecule has 100 valence electrons. The van der Waals surface area contributed by atoms with Crippen LogP contribution in [-0.2, 0) is 11.2 Å².